The molecule has 1 fully saturated rings. The summed E-state index contributed by atoms with van der Waals surface area (Å²) >= 11 is 0. The van der Waals surface area contributed by atoms with Crippen LogP contribution in [0.15, 0.2) is 0 Å². The van der Waals surface area contributed by atoms with Crippen LogP contribution in [-0.2, 0) is 19.0 Å². The second-order valence-corrected chi connectivity index (χ2v) is 2.14. The van der Waals surface area contributed by atoms with Crippen LogP contribution in [0.1, 0.15) is 0 Å². The molecule has 1 saturated heterocycles. The number of methoxy groups -OCH3 is 2. The average molecular weight is 161 g/mol. The fourth-order valence-electron chi connectivity index (χ4n) is 0.908. The van der Waals surface area contributed by atoms with Crippen molar-refractivity contribution >= 4 is 6.29 Å². The highest BCUT2D eigenvalue weighted by molar-refractivity contribution is 5.56. The zero-order valence-corrected chi connectivity index (χ0v) is 6.49. The first-order valence-corrected chi connectivity index (χ1v) is 3.25. The van der Waals surface area contributed by atoms with Crippen molar-refractivity contribution < 1.29 is 19.0 Å². The molecule has 0 bridgehead atoms. The molecule has 0 aromatic rings. The Hall–Kier alpha value is -0.490. The number of aldehydes is 1. The second kappa shape index (κ2) is 3.27. The van der Waals surface area contributed by atoms with Gasteiger partial charge in [0.1, 0.15) is 12.4 Å². The van der Waals surface area contributed by atoms with Gasteiger partial charge in [-0.15, -0.1) is 0 Å². The van der Waals surface area contributed by atoms with E-state index in [1.165, 1.54) is 14.2 Å². The van der Waals surface area contributed by atoms with Crippen LogP contribution in [0.25, 0.3) is 0 Å². The van der Waals surface area contributed by atoms with Crippen LogP contribution in [-0.4, -0.2) is 39.3 Å². The molecule has 0 aromatic carbocycles. The Morgan fingerprint density at radius 1 is 1.64 bits per heavy atom. The molecule has 0 aliphatic carbocycles. The maximum Gasteiger partial charge on any atom is 0.351 e. The van der Waals surface area contributed by atoms with Crippen LogP contribution in [0.3, 0.4) is 0 Å². The Bertz CT molecular complexity index is 146. The summed E-state index contributed by atoms with van der Waals surface area (Å²) in [5.41, 5.74) is 0. The van der Waals surface area contributed by atoms with Crippen molar-refractivity contribution in [2.45, 2.75) is 12.2 Å². The number of hydrogen-bond donors (Lipinski definition) is 1. The van der Waals surface area contributed by atoms with Gasteiger partial charge in [-0.2, -0.15) is 0 Å². The predicted octanol–water partition coefficient (Wildman–Crippen LogP) is -0.922. The molecule has 0 saturated carbocycles. The van der Waals surface area contributed by atoms with Gasteiger partial charge in [0.25, 0.3) is 0 Å². The van der Waals surface area contributed by atoms with E-state index in [1.807, 2.05) is 0 Å². The highest BCUT2D eigenvalue weighted by Gasteiger charge is 2.40. The van der Waals surface area contributed by atoms with Crippen molar-refractivity contribution in [3.05, 3.63) is 0 Å². The number of carbonyl (C=O) groups is 1. The highest BCUT2D eigenvalue weighted by atomic mass is 16.9. The van der Waals surface area contributed by atoms with E-state index in [0.717, 1.165) is 0 Å². The number of nitrogens with one attached hydrogen (secondary N) is 1. The predicted molar refractivity (Wildman–Crippen MR) is 35.7 cm³/mol. The van der Waals surface area contributed by atoms with E-state index in [-0.39, 0.29) is 0 Å². The smallest absolute Gasteiger partial charge is 0.318 e. The summed E-state index contributed by atoms with van der Waals surface area (Å²) in [6.45, 7) is 0.408. The zero-order chi connectivity index (χ0) is 8.32. The van der Waals surface area contributed by atoms with Gasteiger partial charge in [-0.3, -0.25) is 0 Å². The Morgan fingerprint density at radius 3 is 2.55 bits per heavy atom. The molecule has 1 atom stereocenters. The van der Waals surface area contributed by atoms with Gasteiger partial charge in [0.15, 0.2) is 0 Å². The second-order valence-electron chi connectivity index (χ2n) is 2.14. The summed E-state index contributed by atoms with van der Waals surface area (Å²) in [7, 11) is 2.87. The molecular formula is C6H11NO4. The minimum atomic E-state index is -1.23. The monoisotopic (exact) mass is 161 g/mol. The lowest BCUT2D eigenvalue weighted by Gasteiger charge is -2.23. The van der Waals surface area contributed by atoms with Crippen LogP contribution < -0.4 is 5.32 Å². The minimum Gasteiger partial charge on any atom is -0.318 e. The van der Waals surface area contributed by atoms with E-state index in [9.17, 15) is 4.79 Å². The van der Waals surface area contributed by atoms with Gasteiger partial charge in [0, 0.05) is 20.8 Å². The Balaban J connectivity index is 2.54. The summed E-state index contributed by atoms with van der Waals surface area (Å²) in [4.78, 5) is 10.3. The average Bonchev–Trinajstić information content (AvgIpc) is 2.49. The van der Waals surface area contributed by atoms with Crippen molar-refractivity contribution in [3.63, 3.8) is 0 Å². The summed E-state index contributed by atoms with van der Waals surface area (Å²) in [6, 6.07) is 0. The molecule has 0 aromatic heterocycles. The van der Waals surface area contributed by atoms with E-state index in [4.69, 9.17) is 14.2 Å². The molecule has 0 spiro atoms. The van der Waals surface area contributed by atoms with E-state index < -0.39 is 12.2 Å². The van der Waals surface area contributed by atoms with Crippen LogP contribution >= 0.6 is 0 Å². The summed E-state index contributed by atoms with van der Waals surface area (Å²) in [5.74, 6) is 0. The minimum absolute atomic E-state index is 0.408. The zero-order valence-electron chi connectivity index (χ0n) is 6.49. The van der Waals surface area contributed by atoms with E-state index >= 15 is 0 Å². The molecule has 5 heteroatoms. The first-order valence-electron chi connectivity index (χ1n) is 3.25. The Kier molecular flexibility index (Phi) is 2.56. The van der Waals surface area contributed by atoms with Gasteiger partial charge in [-0.05, 0) is 0 Å². The van der Waals surface area contributed by atoms with Gasteiger partial charge in [0.2, 0.25) is 0 Å². The normalized spacial score (nSPS) is 28.7. The first-order chi connectivity index (χ1) is 5.26. The fraction of sp³-hybridized carbons (Fsp3) is 0.833. The summed E-state index contributed by atoms with van der Waals surface area (Å²) in [6.07, 6.45) is -1.02. The van der Waals surface area contributed by atoms with Gasteiger partial charge < -0.3 is 19.0 Å². The maximum atomic E-state index is 10.3. The van der Waals surface area contributed by atoms with Crippen molar-refractivity contribution in [2.24, 2.45) is 0 Å². The van der Waals surface area contributed by atoms with Crippen molar-refractivity contribution in [2.75, 3.05) is 20.8 Å². The number of rotatable bonds is 3. The van der Waals surface area contributed by atoms with Crippen molar-refractivity contribution in [3.8, 4) is 0 Å². The number of carbonyl (C=O) groups excluding carboxylic acids is 1. The molecule has 1 N–H and O–H groups in total. The molecule has 5 nitrogen and oxygen atoms in total. The Morgan fingerprint density at radius 2 is 2.27 bits per heavy atom. The van der Waals surface area contributed by atoms with E-state index in [1.54, 1.807) is 0 Å². The molecule has 1 heterocycles. The quantitative estimate of drug-likeness (QED) is 0.428. The van der Waals surface area contributed by atoms with Gasteiger partial charge in [-0.1, -0.05) is 0 Å². The molecule has 0 amide bonds. The fourth-order valence-corrected chi connectivity index (χ4v) is 0.908. The first kappa shape index (κ1) is 8.61. The SMILES string of the molecule is COC1(OC)NCC(C=O)O1. The van der Waals surface area contributed by atoms with Gasteiger partial charge in [0.05, 0.1) is 0 Å². The topological polar surface area (TPSA) is 56.8 Å². The summed E-state index contributed by atoms with van der Waals surface area (Å²) in [5, 5.41) is 2.77. The van der Waals surface area contributed by atoms with E-state index in [0.29, 0.717) is 12.8 Å². The van der Waals surface area contributed by atoms with Crippen LogP contribution in [0, 0.1) is 0 Å². The third kappa shape index (κ3) is 1.57. The third-order valence-electron chi connectivity index (χ3n) is 1.52. The number of hydrogen-bond acceptors (Lipinski definition) is 5. The van der Waals surface area contributed by atoms with Crippen molar-refractivity contribution in [1.29, 1.82) is 0 Å². The van der Waals surface area contributed by atoms with Crippen LogP contribution in [0.4, 0.5) is 0 Å². The largest absolute Gasteiger partial charge is 0.351 e. The maximum absolute atomic E-state index is 10.3. The molecule has 1 rings (SSSR count). The lowest BCUT2D eigenvalue weighted by Crippen LogP contribution is -2.44. The van der Waals surface area contributed by atoms with Gasteiger partial charge >= 0.3 is 6.10 Å². The highest BCUT2D eigenvalue weighted by Crippen LogP contribution is 2.16. The molecule has 0 radical (unpaired) electrons. The van der Waals surface area contributed by atoms with Crippen LogP contribution in [0.2, 0.25) is 0 Å². The Labute approximate surface area is 64.6 Å². The molecule has 64 valence electrons. The number of ether oxygens (including phenoxy) is 3. The molecule has 11 heavy (non-hydrogen) atoms. The molecule has 1 aliphatic rings. The third-order valence-corrected chi connectivity index (χ3v) is 1.52. The lowest BCUT2D eigenvalue weighted by molar-refractivity contribution is -0.359. The summed E-state index contributed by atoms with van der Waals surface area (Å²) < 4.78 is 14.8. The standard InChI is InChI=1S/C6H11NO4/c1-9-6(10-2)7-3-5(4-8)11-6/h4-5,7H,3H2,1-2H3. The molecule has 1 aliphatic heterocycles. The lowest BCUT2D eigenvalue weighted by atomic mass is 10.4. The van der Waals surface area contributed by atoms with Gasteiger partial charge in [-0.25, -0.2) is 5.32 Å². The van der Waals surface area contributed by atoms with Crippen LogP contribution in [0.5, 0.6) is 0 Å². The van der Waals surface area contributed by atoms with Crippen molar-refractivity contribution in [1.82, 2.24) is 5.32 Å². The molecule has 1 unspecified atom stereocenters. The van der Waals surface area contributed by atoms with E-state index in [2.05, 4.69) is 5.32 Å². The molecular weight excluding hydrogens is 150 g/mol.